The zero-order valence-corrected chi connectivity index (χ0v) is 10.5. The highest BCUT2D eigenvalue weighted by Gasteiger charge is 2.21. The van der Waals surface area contributed by atoms with Crippen molar-refractivity contribution in [1.82, 2.24) is 24.7 Å². The molecule has 2 aromatic heterocycles. The fraction of sp³-hybridized carbons (Fsp3) is 0.364. The fourth-order valence-corrected chi connectivity index (χ4v) is 1.95. The minimum Gasteiger partial charge on any atom is -0.477 e. The summed E-state index contributed by atoms with van der Waals surface area (Å²) in [6.45, 7) is 2.27. The van der Waals surface area contributed by atoms with Gasteiger partial charge in [-0.1, -0.05) is 0 Å². The first-order valence-electron chi connectivity index (χ1n) is 6.04. The number of nitrogens with zero attached hydrogens (tertiary/aromatic N) is 6. The third-order valence-corrected chi connectivity index (χ3v) is 2.92. The van der Waals surface area contributed by atoms with E-state index in [-0.39, 0.29) is 11.5 Å². The lowest BCUT2D eigenvalue weighted by Gasteiger charge is -2.28. The maximum absolute atomic E-state index is 11.3. The van der Waals surface area contributed by atoms with Gasteiger partial charge in [0.15, 0.2) is 0 Å². The van der Waals surface area contributed by atoms with Crippen LogP contribution in [0.1, 0.15) is 10.4 Å². The summed E-state index contributed by atoms with van der Waals surface area (Å²) in [5.41, 5.74) is 0.0655. The highest BCUT2D eigenvalue weighted by Crippen LogP contribution is 2.19. The molecule has 1 saturated heterocycles. The summed E-state index contributed by atoms with van der Waals surface area (Å²) < 4.78 is 6.65. The van der Waals surface area contributed by atoms with Gasteiger partial charge in [0, 0.05) is 19.3 Å². The lowest BCUT2D eigenvalue weighted by molar-refractivity contribution is 0.0695. The number of aromatic carboxylic acids is 1. The first-order chi connectivity index (χ1) is 9.75. The molecule has 3 rings (SSSR count). The Hall–Kier alpha value is -2.55. The minimum absolute atomic E-state index is 0.0655. The van der Waals surface area contributed by atoms with Gasteiger partial charge in [0.25, 0.3) is 5.95 Å². The third-order valence-electron chi connectivity index (χ3n) is 2.92. The predicted octanol–water partition coefficient (Wildman–Crippen LogP) is -0.408. The number of carboxylic acid groups (broad SMARTS) is 1. The lowest BCUT2D eigenvalue weighted by Crippen LogP contribution is -2.38. The molecule has 0 aromatic carbocycles. The van der Waals surface area contributed by atoms with Crippen molar-refractivity contribution in [3.05, 3.63) is 24.4 Å². The normalized spacial score (nSPS) is 15.3. The number of rotatable bonds is 3. The molecule has 0 saturated carbocycles. The van der Waals surface area contributed by atoms with Gasteiger partial charge in [-0.15, -0.1) is 0 Å². The van der Waals surface area contributed by atoms with E-state index in [2.05, 4.69) is 20.1 Å². The average molecular weight is 276 g/mol. The van der Waals surface area contributed by atoms with E-state index in [1.807, 2.05) is 4.90 Å². The quantitative estimate of drug-likeness (QED) is 0.806. The second-order valence-corrected chi connectivity index (χ2v) is 4.15. The van der Waals surface area contributed by atoms with Gasteiger partial charge in [0.05, 0.1) is 13.2 Å². The molecule has 0 amide bonds. The molecule has 9 heteroatoms. The molecule has 3 heterocycles. The Bertz CT molecular complexity index is 609. The van der Waals surface area contributed by atoms with Crippen molar-refractivity contribution in [3.8, 4) is 5.95 Å². The van der Waals surface area contributed by atoms with Crippen LogP contribution in [0.25, 0.3) is 5.95 Å². The summed E-state index contributed by atoms with van der Waals surface area (Å²) in [4.78, 5) is 25.3. The van der Waals surface area contributed by atoms with Gasteiger partial charge in [-0.25, -0.2) is 14.8 Å². The van der Waals surface area contributed by atoms with Crippen molar-refractivity contribution >= 4 is 11.8 Å². The number of carboxylic acids is 1. The summed E-state index contributed by atoms with van der Waals surface area (Å²) in [5, 5.41) is 13.2. The van der Waals surface area contributed by atoms with Gasteiger partial charge in [-0.3, -0.25) is 0 Å². The smallest absolute Gasteiger partial charge is 0.341 e. The molecule has 1 fully saturated rings. The van der Waals surface area contributed by atoms with Crippen molar-refractivity contribution < 1.29 is 14.6 Å². The molecule has 1 aliphatic rings. The van der Waals surface area contributed by atoms with Gasteiger partial charge < -0.3 is 14.7 Å². The number of hydrogen-bond donors (Lipinski definition) is 1. The van der Waals surface area contributed by atoms with Gasteiger partial charge in [-0.05, 0) is 0 Å². The molecule has 0 atom stereocenters. The highest BCUT2D eigenvalue weighted by molar-refractivity contribution is 5.93. The molecule has 0 unspecified atom stereocenters. The summed E-state index contributed by atoms with van der Waals surface area (Å²) >= 11 is 0. The maximum atomic E-state index is 11.3. The van der Waals surface area contributed by atoms with E-state index in [9.17, 15) is 9.90 Å². The van der Waals surface area contributed by atoms with Crippen molar-refractivity contribution in [2.24, 2.45) is 0 Å². The van der Waals surface area contributed by atoms with E-state index >= 15 is 0 Å². The summed E-state index contributed by atoms with van der Waals surface area (Å²) in [6.07, 6.45) is 4.11. The number of ether oxygens (including phenoxy) is 1. The van der Waals surface area contributed by atoms with Crippen LogP contribution in [0.15, 0.2) is 18.9 Å². The third kappa shape index (κ3) is 2.30. The van der Waals surface area contributed by atoms with Crippen molar-refractivity contribution in [2.45, 2.75) is 0 Å². The van der Waals surface area contributed by atoms with Crippen LogP contribution in [0.2, 0.25) is 0 Å². The molecule has 0 radical (unpaired) electrons. The number of morpholine rings is 1. The van der Waals surface area contributed by atoms with Gasteiger partial charge in [0.2, 0.25) is 0 Å². The van der Waals surface area contributed by atoms with Gasteiger partial charge in [0.1, 0.15) is 24.0 Å². The van der Waals surface area contributed by atoms with Crippen LogP contribution in [-0.2, 0) is 4.74 Å². The Kier molecular flexibility index (Phi) is 3.25. The number of aromatic nitrogens is 5. The zero-order valence-electron chi connectivity index (χ0n) is 10.5. The van der Waals surface area contributed by atoms with E-state index in [1.165, 1.54) is 23.5 Å². The molecule has 0 aliphatic carbocycles. The van der Waals surface area contributed by atoms with Crippen molar-refractivity contribution in [1.29, 1.82) is 0 Å². The fourth-order valence-electron chi connectivity index (χ4n) is 1.95. The first kappa shape index (κ1) is 12.5. The Morgan fingerprint density at radius 1 is 1.35 bits per heavy atom. The topological polar surface area (TPSA) is 106 Å². The van der Waals surface area contributed by atoms with Crippen LogP contribution in [0.5, 0.6) is 0 Å². The molecular weight excluding hydrogens is 264 g/mol. The van der Waals surface area contributed by atoms with Crippen LogP contribution in [0, 0.1) is 0 Å². The van der Waals surface area contributed by atoms with E-state index in [1.54, 1.807) is 0 Å². The highest BCUT2D eigenvalue weighted by atomic mass is 16.5. The van der Waals surface area contributed by atoms with Crippen molar-refractivity contribution in [2.75, 3.05) is 31.2 Å². The van der Waals surface area contributed by atoms with Crippen molar-refractivity contribution in [3.63, 3.8) is 0 Å². The molecule has 9 nitrogen and oxygen atoms in total. The van der Waals surface area contributed by atoms with Gasteiger partial charge >= 0.3 is 5.97 Å². The lowest BCUT2D eigenvalue weighted by atomic mass is 10.2. The molecule has 104 valence electrons. The monoisotopic (exact) mass is 276 g/mol. The second kappa shape index (κ2) is 5.21. The molecule has 1 aliphatic heterocycles. The number of anilines is 1. The van der Waals surface area contributed by atoms with Crippen LogP contribution in [0.3, 0.4) is 0 Å². The standard InChI is InChI=1S/C11H12N6O3/c18-10(19)8-5-13-11(17-7-12-6-14-17)15-9(8)16-1-3-20-4-2-16/h5-7H,1-4H2,(H,18,19). The minimum atomic E-state index is -1.06. The first-order valence-corrected chi connectivity index (χ1v) is 6.04. The second-order valence-electron chi connectivity index (χ2n) is 4.15. The molecule has 0 spiro atoms. The number of carbonyl (C=O) groups is 1. The predicted molar refractivity (Wildman–Crippen MR) is 66.9 cm³/mol. The summed E-state index contributed by atoms with van der Waals surface area (Å²) in [6, 6.07) is 0. The van der Waals surface area contributed by atoms with Crippen LogP contribution >= 0.6 is 0 Å². The maximum Gasteiger partial charge on any atom is 0.341 e. The molecule has 2 aromatic rings. The summed E-state index contributed by atoms with van der Waals surface area (Å²) in [7, 11) is 0. The van der Waals surface area contributed by atoms with Crippen LogP contribution in [-0.4, -0.2) is 62.1 Å². The van der Waals surface area contributed by atoms with Crippen LogP contribution in [0.4, 0.5) is 5.82 Å². The molecule has 1 N–H and O–H groups in total. The van der Waals surface area contributed by atoms with E-state index in [0.29, 0.717) is 32.1 Å². The Morgan fingerprint density at radius 3 is 2.80 bits per heavy atom. The Morgan fingerprint density at radius 2 is 2.15 bits per heavy atom. The summed E-state index contributed by atoms with van der Waals surface area (Å²) in [5.74, 6) is -0.396. The largest absolute Gasteiger partial charge is 0.477 e. The van der Waals surface area contributed by atoms with E-state index in [4.69, 9.17) is 4.74 Å². The SMILES string of the molecule is O=C(O)c1cnc(-n2cncn2)nc1N1CCOCC1. The van der Waals surface area contributed by atoms with Gasteiger partial charge in [-0.2, -0.15) is 14.8 Å². The Balaban J connectivity index is 2.03. The Labute approximate surface area is 113 Å². The average Bonchev–Trinajstić information content (AvgIpc) is 3.02. The zero-order chi connectivity index (χ0) is 13.9. The molecular formula is C11H12N6O3. The van der Waals surface area contributed by atoms with E-state index in [0.717, 1.165) is 0 Å². The number of hydrogen-bond acceptors (Lipinski definition) is 7. The van der Waals surface area contributed by atoms with E-state index < -0.39 is 5.97 Å². The van der Waals surface area contributed by atoms with Crippen LogP contribution < -0.4 is 4.90 Å². The molecule has 0 bridgehead atoms. The molecule has 20 heavy (non-hydrogen) atoms.